The van der Waals surface area contributed by atoms with Crippen LogP contribution in [0.2, 0.25) is 0 Å². The first-order chi connectivity index (χ1) is 5.91. The molecule has 0 N–H and O–H groups in total. The third kappa shape index (κ3) is 9.92. The maximum Gasteiger partial charge on any atom is 0.0497 e. The Morgan fingerprint density at radius 1 is 1.08 bits per heavy atom. The minimum atomic E-state index is 0.792. The Hall–Kier alpha value is -0.0800. The summed E-state index contributed by atoms with van der Waals surface area (Å²) in [6.45, 7) is 7.51. The predicted molar refractivity (Wildman–Crippen MR) is 51.1 cm³/mol. The van der Waals surface area contributed by atoms with E-state index in [1.807, 2.05) is 6.92 Å². The van der Waals surface area contributed by atoms with Crippen LogP contribution in [0.1, 0.15) is 33.1 Å². The second-order valence-electron chi connectivity index (χ2n) is 2.70. The summed E-state index contributed by atoms with van der Waals surface area (Å²) < 4.78 is 10.5. The second-order valence-corrected chi connectivity index (χ2v) is 2.70. The van der Waals surface area contributed by atoms with Gasteiger partial charge in [0.25, 0.3) is 0 Å². The van der Waals surface area contributed by atoms with Crippen molar-refractivity contribution in [2.75, 3.05) is 26.4 Å². The standard InChI is InChI=1S/C10H21O2/c1-3-8-12-10-7-5-6-9-11-4-2/h7H,3-6,8-10H2,1-2H3. The van der Waals surface area contributed by atoms with Gasteiger partial charge in [0, 0.05) is 26.4 Å². The van der Waals surface area contributed by atoms with Crippen molar-refractivity contribution < 1.29 is 9.47 Å². The normalized spacial score (nSPS) is 10.5. The molecule has 0 aliphatic heterocycles. The van der Waals surface area contributed by atoms with Crippen LogP contribution in [0, 0.1) is 6.42 Å². The quantitative estimate of drug-likeness (QED) is 0.499. The molecule has 0 aliphatic carbocycles. The van der Waals surface area contributed by atoms with Crippen molar-refractivity contribution in [3.63, 3.8) is 0 Å². The molecule has 0 bridgehead atoms. The van der Waals surface area contributed by atoms with E-state index in [1.54, 1.807) is 0 Å². The Balaban J connectivity index is 2.73. The molecule has 0 unspecified atom stereocenters. The van der Waals surface area contributed by atoms with E-state index in [1.165, 1.54) is 0 Å². The lowest BCUT2D eigenvalue weighted by molar-refractivity contribution is 0.137. The topological polar surface area (TPSA) is 18.5 Å². The van der Waals surface area contributed by atoms with Crippen LogP contribution < -0.4 is 0 Å². The molecule has 73 valence electrons. The molecule has 0 rings (SSSR count). The maximum atomic E-state index is 5.29. The number of hydrogen-bond acceptors (Lipinski definition) is 2. The van der Waals surface area contributed by atoms with Gasteiger partial charge in [-0.3, -0.25) is 0 Å². The van der Waals surface area contributed by atoms with E-state index in [-0.39, 0.29) is 0 Å². The smallest absolute Gasteiger partial charge is 0.0497 e. The number of hydrogen-bond donors (Lipinski definition) is 0. The van der Waals surface area contributed by atoms with Gasteiger partial charge >= 0.3 is 0 Å². The van der Waals surface area contributed by atoms with Gasteiger partial charge in [0.05, 0.1) is 0 Å². The summed E-state index contributed by atoms with van der Waals surface area (Å²) in [6.07, 6.45) is 5.49. The van der Waals surface area contributed by atoms with Gasteiger partial charge in [-0.05, 0) is 32.6 Å². The van der Waals surface area contributed by atoms with Crippen molar-refractivity contribution in [1.29, 1.82) is 0 Å². The molecule has 12 heavy (non-hydrogen) atoms. The Morgan fingerprint density at radius 3 is 2.58 bits per heavy atom. The SMILES string of the molecule is CCCOC[CH]CCCOCC. The van der Waals surface area contributed by atoms with Crippen LogP contribution in [0.5, 0.6) is 0 Å². The van der Waals surface area contributed by atoms with Crippen molar-refractivity contribution in [3.05, 3.63) is 6.42 Å². The fourth-order valence-electron chi connectivity index (χ4n) is 0.868. The van der Waals surface area contributed by atoms with Gasteiger partial charge in [0.2, 0.25) is 0 Å². The van der Waals surface area contributed by atoms with Crippen LogP contribution >= 0.6 is 0 Å². The summed E-state index contributed by atoms with van der Waals surface area (Å²) in [6, 6.07) is 0. The summed E-state index contributed by atoms with van der Waals surface area (Å²) in [5.41, 5.74) is 0. The first-order valence-corrected chi connectivity index (χ1v) is 4.89. The first kappa shape index (κ1) is 11.9. The molecular weight excluding hydrogens is 152 g/mol. The number of ether oxygens (including phenoxy) is 2. The maximum absolute atomic E-state index is 5.29. The van der Waals surface area contributed by atoms with E-state index in [2.05, 4.69) is 13.3 Å². The highest BCUT2D eigenvalue weighted by atomic mass is 16.5. The van der Waals surface area contributed by atoms with Crippen LogP contribution in [0.15, 0.2) is 0 Å². The molecule has 0 aromatic carbocycles. The molecule has 0 fully saturated rings. The average Bonchev–Trinajstić information content (AvgIpc) is 2.10. The van der Waals surface area contributed by atoms with Gasteiger partial charge in [0.15, 0.2) is 0 Å². The van der Waals surface area contributed by atoms with E-state index >= 15 is 0 Å². The summed E-state index contributed by atoms with van der Waals surface area (Å²) in [5, 5.41) is 0. The lowest BCUT2D eigenvalue weighted by Crippen LogP contribution is -1.98. The van der Waals surface area contributed by atoms with Crippen molar-refractivity contribution in [2.45, 2.75) is 33.1 Å². The van der Waals surface area contributed by atoms with Crippen molar-refractivity contribution in [3.8, 4) is 0 Å². The monoisotopic (exact) mass is 173 g/mol. The molecule has 0 spiro atoms. The van der Waals surface area contributed by atoms with Gasteiger partial charge < -0.3 is 9.47 Å². The van der Waals surface area contributed by atoms with Gasteiger partial charge in [-0.25, -0.2) is 0 Å². The average molecular weight is 173 g/mol. The molecular formula is C10H21O2. The molecule has 2 heteroatoms. The Labute approximate surface area is 76.3 Å². The van der Waals surface area contributed by atoms with Gasteiger partial charge in [-0.15, -0.1) is 0 Å². The largest absolute Gasteiger partial charge is 0.382 e. The van der Waals surface area contributed by atoms with E-state index in [0.717, 1.165) is 45.7 Å². The molecule has 0 aromatic rings. The molecule has 0 aromatic heterocycles. The van der Waals surface area contributed by atoms with Gasteiger partial charge in [-0.2, -0.15) is 0 Å². The first-order valence-electron chi connectivity index (χ1n) is 4.89. The third-order valence-electron chi connectivity index (χ3n) is 1.49. The highest BCUT2D eigenvalue weighted by molar-refractivity contribution is 4.62. The Kier molecular flexibility index (Phi) is 10.8. The van der Waals surface area contributed by atoms with Crippen LogP contribution in [0.3, 0.4) is 0 Å². The number of rotatable bonds is 9. The van der Waals surface area contributed by atoms with Crippen molar-refractivity contribution in [1.82, 2.24) is 0 Å². The molecule has 0 saturated carbocycles. The zero-order valence-corrected chi connectivity index (χ0v) is 8.34. The van der Waals surface area contributed by atoms with Gasteiger partial charge in [-0.1, -0.05) is 6.92 Å². The fourth-order valence-corrected chi connectivity index (χ4v) is 0.868. The Morgan fingerprint density at radius 2 is 1.92 bits per heavy atom. The zero-order chi connectivity index (χ0) is 9.07. The van der Waals surface area contributed by atoms with Crippen molar-refractivity contribution in [2.24, 2.45) is 0 Å². The molecule has 0 amide bonds. The molecule has 0 saturated heterocycles. The second kappa shape index (κ2) is 10.9. The number of unbranched alkanes of at least 4 members (excludes halogenated alkanes) is 2. The summed E-state index contributed by atoms with van der Waals surface area (Å²) >= 11 is 0. The highest BCUT2D eigenvalue weighted by Crippen LogP contribution is 1.95. The highest BCUT2D eigenvalue weighted by Gasteiger charge is 1.89. The van der Waals surface area contributed by atoms with Crippen LogP contribution in [-0.2, 0) is 9.47 Å². The van der Waals surface area contributed by atoms with Crippen LogP contribution in [-0.4, -0.2) is 26.4 Å². The van der Waals surface area contributed by atoms with Crippen LogP contribution in [0.25, 0.3) is 0 Å². The molecule has 1 radical (unpaired) electrons. The van der Waals surface area contributed by atoms with Crippen LogP contribution in [0.4, 0.5) is 0 Å². The van der Waals surface area contributed by atoms with E-state index in [0.29, 0.717) is 0 Å². The molecule has 0 heterocycles. The van der Waals surface area contributed by atoms with E-state index in [9.17, 15) is 0 Å². The molecule has 2 nitrogen and oxygen atoms in total. The van der Waals surface area contributed by atoms with Gasteiger partial charge in [0.1, 0.15) is 0 Å². The lowest BCUT2D eigenvalue weighted by atomic mass is 10.2. The Bertz CT molecular complexity index is 64.2. The minimum absolute atomic E-state index is 0.792. The summed E-state index contributed by atoms with van der Waals surface area (Å²) in [4.78, 5) is 0. The fraction of sp³-hybridized carbons (Fsp3) is 0.900. The predicted octanol–water partition coefficient (Wildman–Crippen LogP) is 2.43. The molecule has 0 aliphatic rings. The van der Waals surface area contributed by atoms with Crippen molar-refractivity contribution >= 4 is 0 Å². The lowest BCUT2D eigenvalue weighted by Gasteiger charge is -2.02. The molecule has 0 atom stereocenters. The third-order valence-corrected chi connectivity index (χ3v) is 1.49. The summed E-state index contributed by atoms with van der Waals surface area (Å²) in [5.74, 6) is 0. The zero-order valence-electron chi connectivity index (χ0n) is 8.34. The minimum Gasteiger partial charge on any atom is -0.382 e. The summed E-state index contributed by atoms with van der Waals surface area (Å²) in [7, 11) is 0. The van der Waals surface area contributed by atoms with E-state index in [4.69, 9.17) is 9.47 Å². The van der Waals surface area contributed by atoms with E-state index < -0.39 is 0 Å².